The fraction of sp³-hybridized carbons (Fsp3) is 0.909. The van der Waals surface area contributed by atoms with E-state index in [4.69, 9.17) is 0 Å². The third-order valence-electron chi connectivity index (χ3n) is 3.66. The van der Waals surface area contributed by atoms with Crippen molar-refractivity contribution < 1.29 is 4.79 Å². The van der Waals surface area contributed by atoms with Crippen LogP contribution in [0.2, 0.25) is 0 Å². The zero-order valence-electron chi connectivity index (χ0n) is 9.57. The van der Waals surface area contributed by atoms with Gasteiger partial charge in [0, 0.05) is 24.0 Å². The summed E-state index contributed by atoms with van der Waals surface area (Å²) in [4.78, 5) is 11.6. The van der Waals surface area contributed by atoms with Crippen molar-refractivity contribution in [3.63, 3.8) is 0 Å². The topological polar surface area (TPSA) is 32.3 Å². The smallest absolute Gasteiger partial charge is 0.222 e. The van der Waals surface area contributed by atoms with Gasteiger partial charge in [0.05, 0.1) is 0 Å². The summed E-state index contributed by atoms with van der Waals surface area (Å²) < 4.78 is 2.41. The highest BCUT2D eigenvalue weighted by atomic mass is 31.0. The Morgan fingerprint density at radius 1 is 1.33 bits per heavy atom. The average molecular weight is 228 g/mol. The third kappa shape index (κ3) is 2.34. The quantitative estimate of drug-likeness (QED) is 0.727. The first-order valence-electron chi connectivity index (χ1n) is 5.91. The van der Waals surface area contributed by atoms with E-state index in [1.54, 1.807) is 0 Å². The Morgan fingerprint density at radius 3 is 2.33 bits per heavy atom. The van der Waals surface area contributed by atoms with Gasteiger partial charge in [-0.1, -0.05) is 23.2 Å². The highest BCUT2D eigenvalue weighted by Gasteiger charge is 2.39. The largest absolute Gasteiger partial charge is 0.353 e. The lowest BCUT2D eigenvalue weighted by atomic mass is 9.99. The lowest BCUT2D eigenvalue weighted by Gasteiger charge is -2.36. The second-order valence-electron chi connectivity index (χ2n) is 5.16. The molecule has 0 aliphatic carbocycles. The summed E-state index contributed by atoms with van der Waals surface area (Å²) in [6, 6.07) is 1.76. The molecule has 0 aromatic carbocycles. The molecule has 2 saturated heterocycles. The molecular formula is C11H21N2OP. The first-order valence-corrected chi connectivity index (χ1v) is 6.43. The van der Waals surface area contributed by atoms with Crippen LogP contribution >= 0.6 is 9.39 Å². The number of hydrogen-bond donors (Lipinski definition) is 1. The van der Waals surface area contributed by atoms with Gasteiger partial charge in [-0.3, -0.25) is 9.46 Å². The highest BCUT2D eigenvalue weighted by molar-refractivity contribution is 7.13. The van der Waals surface area contributed by atoms with Gasteiger partial charge in [-0.2, -0.15) is 0 Å². The van der Waals surface area contributed by atoms with Crippen molar-refractivity contribution in [3.8, 4) is 0 Å². The van der Waals surface area contributed by atoms with Crippen molar-refractivity contribution in [2.75, 3.05) is 0 Å². The van der Waals surface area contributed by atoms with Crippen molar-refractivity contribution in [3.05, 3.63) is 0 Å². The molecule has 86 valence electrons. The Balaban J connectivity index is 1.89. The minimum atomic E-state index is 0.108. The van der Waals surface area contributed by atoms with E-state index in [1.807, 2.05) is 13.8 Å². The number of amides is 1. The number of piperidine rings is 1. The zero-order chi connectivity index (χ0) is 11.0. The summed E-state index contributed by atoms with van der Waals surface area (Å²) in [5.74, 6) is 0.313. The van der Waals surface area contributed by atoms with E-state index in [9.17, 15) is 4.79 Å². The summed E-state index contributed by atoms with van der Waals surface area (Å²) in [7, 11) is 2.85. The molecule has 2 heterocycles. The van der Waals surface area contributed by atoms with Gasteiger partial charge in [-0.05, 0) is 25.7 Å². The van der Waals surface area contributed by atoms with Crippen molar-refractivity contribution in [1.29, 1.82) is 0 Å². The van der Waals surface area contributed by atoms with Gasteiger partial charge < -0.3 is 5.32 Å². The van der Waals surface area contributed by atoms with Gasteiger partial charge in [0.1, 0.15) is 0 Å². The van der Waals surface area contributed by atoms with Crippen LogP contribution in [0.4, 0.5) is 0 Å². The van der Waals surface area contributed by atoms with Gasteiger partial charge >= 0.3 is 0 Å². The molecule has 2 rings (SSSR count). The fourth-order valence-electron chi connectivity index (χ4n) is 2.70. The van der Waals surface area contributed by atoms with Crippen LogP contribution in [0, 0.1) is 5.92 Å². The normalized spacial score (nSPS) is 35.9. The molecule has 2 bridgehead atoms. The molecule has 1 amide bonds. The summed E-state index contributed by atoms with van der Waals surface area (Å²) in [6.07, 6.45) is 4.83. The number of carbonyl (C=O) groups excluding carboxylic acids is 1. The van der Waals surface area contributed by atoms with Crippen LogP contribution in [0.25, 0.3) is 0 Å². The van der Waals surface area contributed by atoms with E-state index < -0.39 is 0 Å². The lowest BCUT2D eigenvalue weighted by molar-refractivity contribution is -0.125. The molecule has 4 heteroatoms. The minimum absolute atomic E-state index is 0.108. The highest BCUT2D eigenvalue weighted by Crippen LogP contribution is 2.37. The van der Waals surface area contributed by atoms with Crippen molar-refractivity contribution in [2.24, 2.45) is 5.92 Å². The van der Waals surface area contributed by atoms with Crippen LogP contribution < -0.4 is 5.32 Å². The third-order valence-corrected chi connectivity index (χ3v) is 4.50. The van der Waals surface area contributed by atoms with Gasteiger partial charge in [-0.15, -0.1) is 0 Å². The maximum absolute atomic E-state index is 11.6. The maximum atomic E-state index is 11.6. The first-order chi connectivity index (χ1) is 7.08. The molecule has 2 aliphatic rings. The number of nitrogens with one attached hydrogen (secondary N) is 1. The molecule has 2 aliphatic heterocycles. The predicted molar refractivity (Wildman–Crippen MR) is 64.4 cm³/mol. The lowest BCUT2D eigenvalue weighted by Crippen LogP contribution is -2.47. The Hall–Kier alpha value is -0.140. The fourth-order valence-corrected chi connectivity index (χ4v) is 3.24. The van der Waals surface area contributed by atoms with Gasteiger partial charge in [0.2, 0.25) is 5.91 Å². The molecule has 0 aromatic rings. The van der Waals surface area contributed by atoms with Crippen LogP contribution in [0.3, 0.4) is 0 Å². The number of carbonyl (C=O) groups is 1. The van der Waals surface area contributed by atoms with E-state index in [-0.39, 0.29) is 11.8 Å². The Kier molecular flexibility index (Phi) is 3.32. The molecular weight excluding hydrogens is 207 g/mol. The molecule has 3 nitrogen and oxygen atoms in total. The Labute approximate surface area is 94.2 Å². The monoisotopic (exact) mass is 228 g/mol. The number of hydrogen-bond acceptors (Lipinski definition) is 2. The summed E-state index contributed by atoms with van der Waals surface area (Å²) >= 11 is 0. The van der Waals surface area contributed by atoms with Crippen LogP contribution in [0.15, 0.2) is 0 Å². The van der Waals surface area contributed by atoms with E-state index in [1.165, 1.54) is 12.8 Å². The van der Waals surface area contributed by atoms with E-state index in [2.05, 4.69) is 19.4 Å². The molecule has 0 radical (unpaired) electrons. The second kappa shape index (κ2) is 4.39. The first kappa shape index (κ1) is 11.3. The summed E-state index contributed by atoms with van der Waals surface area (Å²) in [5, 5.41) is 3.16. The Bertz CT molecular complexity index is 243. The molecule has 0 spiro atoms. The number of nitrogens with zero attached hydrogens (tertiary/aromatic N) is 1. The van der Waals surface area contributed by atoms with Crippen LogP contribution in [-0.4, -0.2) is 28.7 Å². The second-order valence-corrected chi connectivity index (χ2v) is 5.76. The van der Waals surface area contributed by atoms with E-state index in [0.717, 1.165) is 12.8 Å². The molecule has 2 fully saturated rings. The average Bonchev–Trinajstić information content (AvgIpc) is 2.41. The van der Waals surface area contributed by atoms with E-state index in [0.29, 0.717) is 18.1 Å². The number of fused-ring (bicyclic) bond motifs is 2. The SMILES string of the molecule is CC(C)C(=O)NC1CC2CCC(C1)N2P. The van der Waals surface area contributed by atoms with Gasteiger partial charge in [-0.25, -0.2) is 0 Å². The molecule has 1 N–H and O–H groups in total. The predicted octanol–water partition coefficient (Wildman–Crippen LogP) is 1.54. The van der Waals surface area contributed by atoms with Crippen LogP contribution in [0.5, 0.6) is 0 Å². The van der Waals surface area contributed by atoms with E-state index >= 15 is 0 Å². The molecule has 3 atom stereocenters. The summed E-state index contributed by atoms with van der Waals surface area (Å²) in [5.41, 5.74) is 0. The van der Waals surface area contributed by atoms with Crippen molar-refractivity contribution >= 4 is 15.3 Å². The molecule has 0 saturated carbocycles. The maximum Gasteiger partial charge on any atom is 0.222 e. The van der Waals surface area contributed by atoms with Crippen molar-refractivity contribution in [1.82, 2.24) is 9.99 Å². The Morgan fingerprint density at radius 2 is 1.87 bits per heavy atom. The molecule has 3 unspecified atom stereocenters. The van der Waals surface area contributed by atoms with Crippen LogP contribution in [-0.2, 0) is 4.79 Å². The van der Waals surface area contributed by atoms with Crippen molar-refractivity contribution in [2.45, 2.75) is 57.7 Å². The minimum Gasteiger partial charge on any atom is -0.353 e. The van der Waals surface area contributed by atoms with Crippen LogP contribution in [0.1, 0.15) is 39.5 Å². The van der Waals surface area contributed by atoms with Gasteiger partial charge in [0.25, 0.3) is 0 Å². The standard InChI is InChI=1S/C11H21N2OP/c1-7(2)11(14)12-8-5-9-3-4-10(6-8)13(9)15/h7-10H,3-6,15H2,1-2H3,(H,12,14). The summed E-state index contributed by atoms with van der Waals surface area (Å²) in [6.45, 7) is 3.91. The number of rotatable bonds is 2. The molecule has 15 heavy (non-hydrogen) atoms. The zero-order valence-corrected chi connectivity index (χ0v) is 10.7. The van der Waals surface area contributed by atoms with Gasteiger partial charge in [0.15, 0.2) is 0 Å². The molecule has 0 aromatic heterocycles.